The summed E-state index contributed by atoms with van der Waals surface area (Å²) in [5, 5.41) is 0. The van der Waals surface area contributed by atoms with E-state index in [4.69, 9.17) is 14.2 Å². The van der Waals surface area contributed by atoms with Crippen LogP contribution in [0.1, 0.15) is 393 Å². The van der Waals surface area contributed by atoms with Gasteiger partial charge in [0.1, 0.15) is 13.2 Å². The molecule has 0 aliphatic carbocycles. The molecule has 0 fully saturated rings. The maximum Gasteiger partial charge on any atom is 0.306 e. The lowest BCUT2D eigenvalue weighted by atomic mass is 10.0. The third-order valence-corrected chi connectivity index (χ3v) is 16.0. The maximum atomic E-state index is 12.9. The van der Waals surface area contributed by atoms with Gasteiger partial charge in [0.05, 0.1) is 0 Å². The zero-order valence-corrected chi connectivity index (χ0v) is 52.3. The number of ether oxygens (including phenoxy) is 3. The fourth-order valence-electron chi connectivity index (χ4n) is 10.7. The predicted octanol–water partition coefficient (Wildman–Crippen LogP) is 23.8. The fourth-order valence-corrected chi connectivity index (χ4v) is 10.7. The second-order valence-corrected chi connectivity index (χ2v) is 23.8. The Bertz CT molecular complexity index is 1240. The Balaban J connectivity index is 3.97. The average molecular weight is 1080 g/mol. The zero-order chi connectivity index (χ0) is 55.7. The Labute approximate surface area is 481 Å². The first-order chi connectivity index (χ1) is 38.0. The molecule has 1 unspecified atom stereocenters. The van der Waals surface area contributed by atoms with E-state index in [1.807, 2.05) is 0 Å². The van der Waals surface area contributed by atoms with Gasteiger partial charge in [-0.3, -0.25) is 14.4 Å². The van der Waals surface area contributed by atoms with Crippen molar-refractivity contribution in [3.8, 4) is 0 Å². The molecule has 6 heteroatoms. The second-order valence-electron chi connectivity index (χ2n) is 23.8. The van der Waals surface area contributed by atoms with E-state index in [-0.39, 0.29) is 31.1 Å². The van der Waals surface area contributed by atoms with Crippen LogP contribution in [0.25, 0.3) is 0 Å². The van der Waals surface area contributed by atoms with E-state index in [2.05, 4.69) is 45.1 Å². The highest BCUT2D eigenvalue weighted by Crippen LogP contribution is 2.19. The molecule has 0 aromatic heterocycles. The lowest BCUT2D eigenvalue weighted by Gasteiger charge is -2.18. The molecule has 0 aromatic rings. The van der Waals surface area contributed by atoms with Crippen LogP contribution >= 0.6 is 0 Å². The molecular formula is C71H134O6. The monoisotopic (exact) mass is 1080 g/mol. The summed E-state index contributed by atoms with van der Waals surface area (Å²) >= 11 is 0. The molecule has 0 aromatic carbocycles. The molecule has 6 nitrogen and oxygen atoms in total. The molecule has 0 aliphatic rings. The Morgan fingerprint density at radius 1 is 0.260 bits per heavy atom. The molecular weight excluding hydrogens is 949 g/mol. The number of rotatable bonds is 65. The third-order valence-electron chi connectivity index (χ3n) is 16.0. The lowest BCUT2D eigenvalue weighted by Crippen LogP contribution is -2.30. The van der Waals surface area contributed by atoms with Crippen LogP contribution in [0.15, 0.2) is 24.3 Å². The van der Waals surface area contributed by atoms with E-state index in [9.17, 15) is 14.4 Å². The number of carbonyl (C=O) groups excluding carboxylic acids is 3. The van der Waals surface area contributed by atoms with Crippen molar-refractivity contribution in [3.05, 3.63) is 24.3 Å². The van der Waals surface area contributed by atoms with E-state index < -0.39 is 6.10 Å². The van der Waals surface area contributed by atoms with Gasteiger partial charge in [0, 0.05) is 19.3 Å². The molecule has 1 atom stereocenters. The van der Waals surface area contributed by atoms with Crippen molar-refractivity contribution in [3.63, 3.8) is 0 Å². The predicted molar refractivity (Wildman–Crippen MR) is 335 cm³/mol. The first-order valence-corrected chi connectivity index (χ1v) is 34.8. The molecule has 0 aliphatic heterocycles. The van der Waals surface area contributed by atoms with Gasteiger partial charge < -0.3 is 14.2 Å². The molecule has 454 valence electrons. The van der Waals surface area contributed by atoms with E-state index in [1.165, 1.54) is 289 Å². The van der Waals surface area contributed by atoms with Crippen molar-refractivity contribution in [2.24, 2.45) is 0 Å². The van der Waals surface area contributed by atoms with Crippen molar-refractivity contribution in [1.82, 2.24) is 0 Å². The van der Waals surface area contributed by atoms with Crippen LogP contribution in [-0.2, 0) is 28.6 Å². The van der Waals surface area contributed by atoms with Gasteiger partial charge in [-0.2, -0.15) is 0 Å². The summed E-state index contributed by atoms with van der Waals surface area (Å²) in [4.78, 5) is 38.1. The molecule has 0 saturated heterocycles. The van der Waals surface area contributed by atoms with Gasteiger partial charge in [0.15, 0.2) is 6.10 Å². The quantitative estimate of drug-likeness (QED) is 0.0261. The standard InChI is InChI=1S/C71H134O6/c1-4-7-10-13-16-18-20-22-24-26-28-30-32-34-35-36-37-38-40-41-43-45-47-49-51-53-55-58-61-64-70(73)76-67-68(66-75-69(72)63-60-57-15-12-9-6-3)77-71(74)65-62-59-56-54-52-50-48-46-44-42-39-33-31-29-27-25-23-21-19-17-14-11-8-5-2/h20,22,26,28,68H,4-19,21,23-25,27,29-67H2,1-3H3/b22-20-,28-26-. The lowest BCUT2D eigenvalue weighted by molar-refractivity contribution is -0.167. The van der Waals surface area contributed by atoms with Gasteiger partial charge in [0.25, 0.3) is 0 Å². The van der Waals surface area contributed by atoms with Crippen molar-refractivity contribution < 1.29 is 28.6 Å². The summed E-state index contributed by atoms with van der Waals surface area (Å²) in [6.45, 7) is 6.65. The number of allylic oxidation sites excluding steroid dienone is 4. The fraction of sp³-hybridized carbons (Fsp3) is 0.901. The summed E-state index contributed by atoms with van der Waals surface area (Å²) in [6, 6.07) is 0. The number of esters is 3. The molecule has 0 spiro atoms. The minimum atomic E-state index is -0.764. The minimum absolute atomic E-state index is 0.0649. The topological polar surface area (TPSA) is 78.9 Å². The van der Waals surface area contributed by atoms with Crippen LogP contribution < -0.4 is 0 Å². The minimum Gasteiger partial charge on any atom is -0.462 e. The maximum absolute atomic E-state index is 12.9. The van der Waals surface area contributed by atoms with Crippen molar-refractivity contribution in [2.45, 2.75) is 399 Å². The largest absolute Gasteiger partial charge is 0.462 e. The van der Waals surface area contributed by atoms with E-state index in [1.54, 1.807) is 0 Å². The van der Waals surface area contributed by atoms with Crippen LogP contribution in [0.3, 0.4) is 0 Å². The normalized spacial score (nSPS) is 12.1. The van der Waals surface area contributed by atoms with Crippen molar-refractivity contribution >= 4 is 17.9 Å². The first kappa shape index (κ1) is 74.9. The molecule has 0 heterocycles. The zero-order valence-electron chi connectivity index (χ0n) is 52.3. The SMILES string of the molecule is CCCCCCC/C=C\C/C=C\CCCCCCCCCCCCCCCCCCCC(=O)OCC(COC(=O)CCCCCCCC)OC(=O)CCCCCCCCCCCCCCCCCCCCCCCCCC. The number of carbonyl (C=O) groups is 3. The molecule has 0 bridgehead atoms. The molecule has 77 heavy (non-hydrogen) atoms. The Kier molecular flexibility index (Phi) is 64.6. The summed E-state index contributed by atoms with van der Waals surface area (Å²) < 4.78 is 16.9. The van der Waals surface area contributed by atoms with E-state index in [0.717, 1.165) is 64.2 Å². The highest BCUT2D eigenvalue weighted by Gasteiger charge is 2.19. The van der Waals surface area contributed by atoms with Crippen molar-refractivity contribution in [2.75, 3.05) is 13.2 Å². The van der Waals surface area contributed by atoms with E-state index in [0.29, 0.717) is 19.3 Å². The number of unbranched alkanes of at least 4 members (excludes halogenated alkanes) is 50. The molecule has 0 radical (unpaired) electrons. The second kappa shape index (κ2) is 66.4. The third kappa shape index (κ3) is 64.6. The van der Waals surface area contributed by atoms with Crippen LogP contribution in [-0.4, -0.2) is 37.2 Å². The van der Waals surface area contributed by atoms with Crippen LogP contribution in [0.4, 0.5) is 0 Å². The Morgan fingerprint density at radius 2 is 0.468 bits per heavy atom. The Hall–Kier alpha value is -2.11. The number of hydrogen-bond donors (Lipinski definition) is 0. The van der Waals surface area contributed by atoms with Crippen molar-refractivity contribution in [1.29, 1.82) is 0 Å². The van der Waals surface area contributed by atoms with E-state index >= 15 is 0 Å². The Morgan fingerprint density at radius 3 is 0.714 bits per heavy atom. The summed E-state index contributed by atoms with van der Waals surface area (Å²) in [5.41, 5.74) is 0. The molecule has 0 saturated carbocycles. The number of hydrogen-bond acceptors (Lipinski definition) is 6. The highest BCUT2D eigenvalue weighted by molar-refractivity contribution is 5.71. The van der Waals surface area contributed by atoms with Gasteiger partial charge in [-0.1, -0.05) is 347 Å². The van der Waals surface area contributed by atoms with Gasteiger partial charge in [0.2, 0.25) is 0 Å². The first-order valence-electron chi connectivity index (χ1n) is 34.8. The summed E-state index contributed by atoms with van der Waals surface area (Å²) in [7, 11) is 0. The van der Waals surface area contributed by atoms with Crippen LogP contribution in [0.2, 0.25) is 0 Å². The van der Waals surface area contributed by atoms with Gasteiger partial charge in [-0.05, 0) is 51.4 Å². The molecule has 0 N–H and O–H groups in total. The van der Waals surface area contributed by atoms with Gasteiger partial charge in [-0.15, -0.1) is 0 Å². The highest BCUT2D eigenvalue weighted by atomic mass is 16.6. The van der Waals surface area contributed by atoms with Crippen LogP contribution in [0.5, 0.6) is 0 Å². The van der Waals surface area contributed by atoms with Gasteiger partial charge in [-0.25, -0.2) is 0 Å². The smallest absolute Gasteiger partial charge is 0.306 e. The van der Waals surface area contributed by atoms with Gasteiger partial charge >= 0.3 is 17.9 Å². The van der Waals surface area contributed by atoms with Crippen LogP contribution in [0, 0.1) is 0 Å². The summed E-state index contributed by atoms with van der Waals surface area (Å²) in [6.07, 6.45) is 81.1. The average Bonchev–Trinajstić information content (AvgIpc) is 3.43. The molecule has 0 rings (SSSR count). The molecule has 0 amide bonds. The summed E-state index contributed by atoms with van der Waals surface area (Å²) in [5.74, 6) is -0.846.